The summed E-state index contributed by atoms with van der Waals surface area (Å²) in [5.74, 6) is 4.16. The Morgan fingerprint density at radius 1 is 0.579 bits per heavy atom. The molecule has 5 unspecified atom stereocenters. The Labute approximate surface area is 239 Å². The maximum Gasteiger partial charge on any atom is -0.00172 e. The lowest BCUT2D eigenvalue weighted by atomic mass is 9.63. The molecular formula is C36H68N2. The van der Waals surface area contributed by atoms with Crippen LogP contribution < -0.4 is 10.6 Å². The van der Waals surface area contributed by atoms with Crippen LogP contribution in [0.15, 0.2) is 23.8 Å². The molecule has 0 saturated heterocycles. The summed E-state index contributed by atoms with van der Waals surface area (Å²) in [5, 5.41) is 6.61. The summed E-state index contributed by atoms with van der Waals surface area (Å²) in [4.78, 5) is 0. The first-order chi connectivity index (χ1) is 18.7. The summed E-state index contributed by atoms with van der Waals surface area (Å²) in [6, 6.07) is 0. The molecule has 0 fully saturated rings. The van der Waals surface area contributed by atoms with Crippen molar-refractivity contribution in [3.8, 4) is 0 Å². The van der Waals surface area contributed by atoms with Crippen LogP contribution in [0.25, 0.3) is 0 Å². The normalized spacial score (nSPS) is 24.9. The molecule has 0 aromatic heterocycles. The minimum absolute atomic E-state index is 0.752. The van der Waals surface area contributed by atoms with Crippen LogP contribution in [0.4, 0.5) is 0 Å². The Morgan fingerprint density at radius 3 is 1.76 bits per heavy atom. The molecule has 2 N–H and O–H groups in total. The van der Waals surface area contributed by atoms with Crippen molar-refractivity contribution in [1.82, 2.24) is 10.6 Å². The van der Waals surface area contributed by atoms with Crippen molar-refractivity contribution in [1.29, 1.82) is 0 Å². The summed E-state index contributed by atoms with van der Waals surface area (Å²) in [6.07, 6.45) is 37.9. The Morgan fingerprint density at radius 2 is 1.13 bits per heavy atom. The molecule has 2 aliphatic rings. The second-order valence-electron chi connectivity index (χ2n) is 12.9. The maximum absolute atomic E-state index is 3.31. The summed E-state index contributed by atoms with van der Waals surface area (Å²) in [5.41, 5.74) is 1.90. The van der Waals surface area contributed by atoms with Gasteiger partial charge in [0.15, 0.2) is 0 Å². The van der Waals surface area contributed by atoms with Gasteiger partial charge in [0.25, 0.3) is 0 Å². The highest BCUT2D eigenvalue weighted by atomic mass is 14.8. The Kier molecular flexibility index (Phi) is 19.6. The van der Waals surface area contributed by atoms with E-state index in [4.69, 9.17) is 0 Å². The first-order valence-electron chi connectivity index (χ1n) is 17.4. The van der Waals surface area contributed by atoms with E-state index in [1.54, 1.807) is 0 Å². The molecule has 0 saturated carbocycles. The number of hydrogen-bond acceptors (Lipinski definition) is 2. The second-order valence-corrected chi connectivity index (χ2v) is 12.9. The second kappa shape index (κ2) is 22.1. The van der Waals surface area contributed by atoms with Crippen molar-refractivity contribution >= 4 is 0 Å². The van der Waals surface area contributed by atoms with E-state index >= 15 is 0 Å². The van der Waals surface area contributed by atoms with Crippen molar-refractivity contribution in [2.75, 3.05) is 27.2 Å². The van der Waals surface area contributed by atoms with E-state index in [0.29, 0.717) is 0 Å². The standard InChI is InChI=1S/C36H68N2/c1-5-7-9-16-23-33-30-36-34(29-32(33)21-8-6-2)26-25-31(22-17-12-10-14-19-27-37-3)35(36)24-18-13-11-15-20-28-38-4/h25-26,30-35,37-38H,5-24,27-29H2,1-4H3. The molecule has 5 atom stereocenters. The molecule has 2 nitrogen and oxygen atoms in total. The topological polar surface area (TPSA) is 24.1 Å². The van der Waals surface area contributed by atoms with Gasteiger partial charge in [0, 0.05) is 0 Å². The van der Waals surface area contributed by atoms with Crippen molar-refractivity contribution in [3.05, 3.63) is 23.8 Å². The fourth-order valence-corrected chi connectivity index (χ4v) is 7.40. The van der Waals surface area contributed by atoms with Crippen molar-refractivity contribution in [2.24, 2.45) is 29.6 Å². The van der Waals surface area contributed by atoms with Gasteiger partial charge >= 0.3 is 0 Å². The quantitative estimate of drug-likeness (QED) is 0.0961. The molecule has 0 aliphatic heterocycles. The highest BCUT2D eigenvalue weighted by Gasteiger charge is 2.36. The number of fused-ring (bicyclic) bond motifs is 1. The minimum atomic E-state index is 0.752. The third-order valence-electron chi connectivity index (χ3n) is 9.76. The molecular weight excluding hydrogens is 460 g/mol. The Bertz CT molecular complexity index is 608. The number of rotatable bonds is 24. The third kappa shape index (κ3) is 13.2. The van der Waals surface area contributed by atoms with E-state index in [9.17, 15) is 0 Å². The lowest BCUT2D eigenvalue weighted by Crippen LogP contribution is -2.31. The molecule has 2 rings (SSSR count). The molecule has 0 radical (unpaired) electrons. The number of allylic oxidation sites excluding steroid dienone is 4. The van der Waals surface area contributed by atoms with Crippen LogP contribution >= 0.6 is 0 Å². The van der Waals surface area contributed by atoms with E-state index in [-0.39, 0.29) is 0 Å². The van der Waals surface area contributed by atoms with Gasteiger partial charge in [-0.3, -0.25) is 0 Å². The molecule has 222 valence electrons. The van der Waals surface area contributed by atoms with Crippen LogP contribution in [0.3, 0.4) is 0 Å². The van der Waals surface area contributed by atoms with E-state index in [0.717, 1.165) is 29.6 Å². The monoisotopic (exact) mass is 529 g/mol. The van der Waals surface area contributed by atoms with Gasteiger partial charge in [-0.05, 0) is 102 Å². The molecule has 0 heterocycles. The van der Waals surface area contributed by atoms with Gasteiger partial charge in [0.1, 0.15) is 0 Å². The van der Waals surface area contributed by atoms with Crippen LogP contribution in [0.5, 0.6) is 0 Å². The average molecular weight is 529 g/mol. The van der Waals surface area contributed by atoms with Crippen LogP contribution in [-0.4, -0.2) is 27.2 Å². The van der Waals surface area contributed by atoms with Crippen LogP contribution in [-0.2, 0) is 0 Å². The predicted octanol–water partition coefficient (Wildman–Crippen LogP) is 10.2. The molecule has 38 heavy (non-hydrogen) atoms. The highest BCUT2D eigenvalue weighted by Crippen LogP contribution is 2.48. The molecule has 0 spiro atoms. The van der Waals surface area contributed by atoms with Gasteiger partial charge in [-0.15, -0.1) is 0 Å². The van der Waals surface area contributed by atoms with Crippen molar-refractivity contribution < 1.29 is 0 Å². The summed E-state index contributed by atoms with van der Waals surface area (Å²) < 4.78 is 0. The lowest BCUT2D eigenvalue weighted by Gasteiger charge is -2.42. The number of nitrogens with one attached hydrogen (secondary N) is 2. The van der Waals surface area contributed by atoms with E-state index in [1.807, 2.05) is 5.57 Å². The summed E-state index contributed by atoms with van der Waals surface area (Å²) in [7, 11) is 4.16. The molecule has 0 aromatic carbocycles. The van der Waals surface area contributed by atoms with Gasteiger partial charge in [-0.1, -0.05) is 128 Å². The smallest absolute Gasteiger partial charge is 0.00172 e. The van der Waals surface area contributed by atoms with E-state index in [1.165, 1.54) is 148 Å². The van der Waals surface area contributed by atoms with Crippen molar-refractivity contribution in [2.45, 2.75) is 149 Å². The first kappa shape index (κ1) is 33.6. The zero-order valence-corrected chi connectivity index (χ0v) is 26.4. The summed E-state index contributed by atoms with van der Waals surface area (Å²) >= 11 is 0. The largest absolute Gasteiger partial charge is 0.320 e. The predicted molar refractivity (Wildman–Crippen MR) is 171 cm³/mol. The zero-order chi connectivity index (χ0) is 27.3. The highest BCUT2D eigenvalue weighted by molar-refractivity contribution is 5.27. The Balaban J connectivity index is 2.03. The number of unbranched alkanes of at least 4 members (excludes halogenated alkanes) is 12. The molecule has 2 aliphatic carbocycles. The van der Waals surface area contributed by atoms with Crippen molar-refractivity contribution in [3.63, 3.8) is 0 Å². The molecule has 0 aromatic rings. The van der Waals surface area contributed by atoms with E-state index < -0.39 is 0 Å². The molecule has 2 heteroatoms. The third-order valence-corrected chi connectivity index (χ3v) is 9.76. The fraction of sp³-hybridized carbons (Fsp3) is 0.889. The Hall–Kier alpha value is -0.600. The van der Waals surface area contributed by atoms with Crippen LogP contribution in [0, 0.1) is 29.6 Å². The van der Waals surface area contributed by atoms with E-state index in [2.05, 4.69) is 56.8 Å². The van der Waals surface area contributed by atoms with Crippen LogP contribution in [0.2, 0.25) is 0 Å². The fourth-order valence-electron chi connectivity index (χ4n) is 7.40. The molecule has 0 bridgehead atoms. The SMILES string of the molecule is CCCCCCC1C=C2C(C=CC(CCCCCCCNC)C2CCCCCCCNC)CC1CCCC. The van der Waals surface area contributed by atoms with Gasteiger partial charge in [-0.25, -0.2) is 0 Å². The first-order valence-corrected chi connectivity index (χ1v) is 17.4. The zero-order valence-electron chi connectivity index (χ0n) is 26.4. The van der Waals surface area contributed by atoms with Gasteiger partial charge in [-0.2, -0.15) is 0 Å². The lowest BCUT2D eigenvalue weighted by molar-refractivity contribution is 0.242. The number of hydrogen-bond donors (Lipinski definition) is 2. The van der Waals surface area contributed by atoms with Crippen LogP contribution in [0.1, 0.15) is 149 Å². The summed E-state index contributed by atoms with van der Waals surface area (Å²) in [6.45, 7) is 7.08. The molecule has 0 amide bonds. The minimum Gasteiger partial charge on any atom is -0.320 e. The van der Waals surface area contributed by atoms with Gasteiger partial charge in [0.05, 0.1) is 0 Å². The van der Waals surface area contributed by atoms with Gasteiger partial charge in [0.2, 0.25) is 0 Å². The average Bonchev–Trinajstić information content (AvgIpc) is 2.93. The maximum atomic E-state index is 3.31. The van der Waals surface area contributed by atoms with Gasteiger partial charge < -0.3 is 10.6 Å².